The van der Waals surface area contributed by atoms with Crippen molar-refractivity contribution in [3.8, 4) is 0 Å². The zero-order valence-electron chi connectivity index (χ0n) is 11.3. The van der Waals surface area contributed by atoms with Crippen molar-refractivity contribution in [2.24, 2.45) is 5.92 Å². The average molecular weight is 354 g/mol. The molecule has 2 N–H and O–H groups in total. The van der Waals surface area contributed by atoms with Crippen LogP contribution in [0.5, 0.6) is 0 Å². The Bertz CT molecular complexity index is 600. The summed E-state index contributed by atoms with van der Waals surface area (Å²) in [4.78, 5) is -0.0651. The Hall–Kier alpha value is -0.370. The normalized spacial score (nSPS) is 17.1. The number of ether oxygens (including phenoxy) is 1. The number of aliphatic hydroxyl groups is 1. The predicted molar refractivity (Wildman–Crippen MR) is 81.1 cm³/mol. The molecular weight excluding hydrogens is 337 g/mol. The van der Waals surface area contributed by atoms with Gasteiger partial charge in [0.05, 0.1) is 11.6 Å². The minimum atomic E-state index is -3.73. The van der Waals surface area contributed by atoms with Crippen LogP contribution in [0, 0.1) is 5.92 Å². The van der Waals surface area contributed by atoms with E-state index in [-0.39, 0.29) is 27.5 Å². The van der Waals surface area contributed by atoms with Gasteiger partial charge in [0, 0.05) is 24.8 Å². The first-order chi connectivity index (χ1) is 9.94. The minimum absolute atomic E-state index is 0.0386. The van der Waals surface area contributed by atoms with Crippen LogP contribution in [0.4, 0.5) is 0 Å². The number of rotatable bonds is 5. The predicted octanol–water partition coefficient (Wildman–Crippen LogP) is 2.19. The van der Waals surface area contributed by atoms with Crippen LogP contribution in [0.25, 0.3) is 0 Å². The molecule has 118 valence electrons. The van der Waals surface area contributed by atoms with Crippen LogP contribution >= 0.6 is 23.2 Å². The average Bonchev–Trinajstić information content (AvgIpc) is 2.46. The molecule has 8 heteroatoms. The summed E-state index contributed by atoms with van der Waals surface area (Å²) in [6.45, 7) is 1.31. The van der Waals surface area contributed by atoms with Crippen molar-refractivity contribution in [2.75, 3.05) is 19.8 Å². The lowest BCUT2D eigenvalue weighted by molar-refractivity contribution is 0.0678. The Labute approximate surface area is 134 Å². The summed E-state index contributed by atoms with van der Waals surface area (Å²) in [7, 11) is -3.73. The Morgan fingerprint density at radius 3 is 2.52 bits per heavy atom. The van der Waals surface area contributed by atoms with Gasteiger partial charge < -0.3 is 9.84 Å². The van der Waals surface area contributed by atoms with Gasteiger partial charge in [0.1, 0.15) is 4.90 Å². The molecular formula is C13H17Cl2NO4S. The lowest BCUT2D eigenvalue weighted by Crippen LogP contribution is -2.32. The molecule has 5 nitrogen and oxygen atoms in total. The molecule has 21 heavy (non-hydrogen) atoms. The van der Waals surface area contributed by atoms with Gasteiger partial charge in [0.25, 0.3) is 0 Å². The number of aliphatic hydroxyl groups excluding tert-OH is 1. The van der Waals surface area contributed by atoms with E-state index in [0.717, 1.165) is 12.8 Å². The number of halogens is 2. The van der Waals surface area contributed by atoms with Gasteiger partial charge in [-0.2, -0.15) is 0 Å². The fourth-order valence-corrected chi connectivity index (χ4v) is 4.13. The van der Waals surface area contributed by atoms with E-state index in [0.29, 0.717) is 25.3 Å². The molecule has 0 aromatic heterocycles. The van der Waals surface area contributed by atoms with Gasteiger partial charge in [-0.3, -0.25) is 0 Å². The maximum absolute atomic E-state index is 12.3. The van der Waals surface area contributed by atoms with Crippen molar-refractivity contribution in [3.63, 3.8) is 0 Å². The minimum Gasteiger partial charge on any atom is -0.392 e. The SMILES string of the molecule is O=S(=O)(NCC1CCOCC1)c1cc(CO)c(Cl)cc1Cl. The van der Waals surface area contributed by atoms with E-state index >= 15 is 0 Å². The molecule has 1 aliphatic heterocycles. The quantitative estimate of drug-likeness (QED) is 0.850. The van der Waals surface area contributed by atoms with Crippen molar-refractivity contribution in [1.82, 2.24) is 4.72 Å². The van der Waals surface area contributed by atoms with Crippen molar-refractivity contribution in [1.29, 1.82) is 0 Å². The molecule has 0 radical (unpaired) electrons. The van der Waals surface area contributed by atoms with E-state index in [4.69, 9.17) is 27.9 Å². The molecule has 0 aliphatic carbocycles. The lowest BCUT2D eigenvalue weighted by Gasteiger charge is -2.22. The van der Waals surface area contributed by atoms with Crippen LogP contribution < -0.4 is 4.72 Å². The number of hydrogen-bond acceptors (Lipinski definition) is 4. The van der Waals surface area contributed by atoms with Crippen molar-refractivity contribution < 1.29 is 18.3 Å². The fraction of sp³-hybridized carbons (Fsp3) is 0.538. The molecule has 1 aromatic rings. The Balaban J connectivity index is 2.15. The third kappa shape index (κ3) is 4.31. The highest BCUT2D eigenvalue weighted by Gasteiger charge is 2.22. The molecule has 0 spiro atoms. The van der Waals surface area contributed by atoms with Crippen LogP contribution in [0.2, 0.25) is 10.0 Å². The van der Waals surface area contributed by atoms with Crippen molar-refractivity contribution >= 4 is 33.2 Å². The van der Waals surface area contributed by atoms with Gasteiger partial charge in [-0.05, 0) is 36.5 Å². The molecule has 0 amide bonds. The lowest BCUT2D eigenvalue weighted by atomic mass is 10.0. The highest BCUT2D eigenvalue weighted by Crippen LogP contribution is 2.29. The summed E-state index contributed by atoms with van der Waals surface area (Å²) in [5.74, 6) is 0.261. The van der Waals surface area contributed by atoms with E-state index in [9.17, 15) is 13.5 Å². The summed E-state index contributed by atoms with van der Waals surface area (Å²) in [6, 6.07) is 2.63. The van der Waals surface area contributed by atoms with E-state index in [1.807, 2.05) is 0 Å². The van der Waals surface area contributed by atoms with Gasteiger partial charge in [-0.1, -0.05) is 23.2 Å². The molecule has 0 unspecified atom stereocenters. The first-order valence-electron chi connectivity index (χ1n) is 6.60. The van der Waals surface area contributed by atoms with Crippen molar-refractivity contribution in [3.05, 3.63) is 27.7 Å². The fourth-order valence-electron chi connectivity index (χ4n) is 2.15. The van der Waals surface area contributed by atoms with Crippen LogP contribution in [0.1, 0.15) is 18.4 Å². The second kappa shape index (κ2) is 7.26. The zero-order chi connectivity index (χ0) is 15.5. The van der Waals surface area contributed by atoms with Gasteiger partial charge in [-0.15, -0.1) is 0 Å². The maximum atomic E-state index is 12.3. The van der Waals surface area contributed by atoms with E-state index < -0.39 is 10.0 Å². The molecule has 0 bridgehead atoms. The number of hydrogen-bond donors (Lipinski definition) is 2. The molecule has 0 saturated carbocycles. The molecule has 1 heterocycles. The number of sulfonamides is 1. The van der Waals surface area contributed by atoms with Gasteiger partial charge in [0.2, 0.25) is 10.0 Å². The molecule has 2 rings (SSSR count). The van der Waals surface area contributed by atoms with Crippen LogP contribution in [-0.2, 0) is 21.4 Å². The van der Waals surface area contributed by atoms with Crippen LogP contribution in [0.3, 0.4) is 0 Å². The molecule has 1 aromatic carbocycles. The van der Waals surface area contributed by atoms with Crippen LogP contribution in [0.15, 0.2) is 17.0 Å². The summed E-state index contributed by atoms with van der Waals surface area (Å²) in [5.41, 5.74) is 0.326. The van der Waals surface area contributed by atoms with E-state index in [1.54, 1.807) is 0 Å². The summed E-state index contributed by atoms with van der Waals surface area (Å²) >= 11 is 11.8. The van der Waals surface area contributed by atoms with Gasteiger partial charge >= 0.3 is 0 Å². The van der Waals surface area contributed by atoms with Gasteiger partial charge in [-0.25, -0.2) is 13.1 Å². The highest BCUT2D eigenvalue weighted by atomic mass is 35.5. The van der Waals surface area contributed by atoms with Crippen LogP contribution in [-0.4, -0.2) is 33.3 Å². The number of nitrogens with one attached hydrogen (secondary N) is 1. The van der Waals surface area contributed by atoms with E-state index in [1.165, 1.54) is 12.1 Å². The van der Waals surface area contributed by atoms with Gasteiger partial charge in [0.15, 0.2) is 0 Å². The number of benzene rings is 1. The summed E-state index contributed by atoms with van der Waals surface area (Å²) in [5, 5.41) is 9.46. The topological polar surface area (TPSA) is 75.6 Å². The second-order valence-electron chi connectivity index (χ2n) is 4.94. The first kappa shape index (κ1) is 17.0. The molecule has 1 aliphatic rings. The monoisotopic (exact) mass is 353 g/mol. The third-order valence-corrected chi connectivity index (χ3v) is 5.70. The highest BCUT2D eigenvalue weighted by molar-refractivity contribution is 7.89. The van der Waals surface area contributed by atoms with E-state index in [2.05, 4.69) is 4.72 Å². The standard InChI is InChI=1S/C13H17Cl2NO4S/c14-11-6-12(15)13(5-10(11)8-17)21(18,19)16-7-9-1-3-20-4-2-9/h5-6,9,16-17H,1-4,7-8H2. The molecule has 1 fully saturated rings. The molecule has 0 atom stereocenters. The second-order valence-corrected chi connectivity index (χ2v) is 7.49. The molecule has 1 saturated heterocycles. The summed E-state index contributed by atoms with van der Waals surface area (Å²) in [6.07, 6.45) is 1.66. The zero-order valence-corrected chi connectivity index (χ0v) is 13.6. The largest absolute Gasteiger partial charge is 0.392 e. The smallest absolute Gasteiger partial charge is 0.242 e. The Kier molecular flexibility index (Phi) is 5.88. The third-order valence-electron chi connectivity index (χ3n) is 3.46. The Morgan fingerprint density at radius 1 is 1.24 bits per heavy atom. The summed E-state index contributed by atoms with van der Waals surface area (Å²) < 4.78 is 32.4. The maximum Gasteiger partial charge on any atom is 0.242 e. The first-order valence-corrected chi connectivity index (χ1v) is 8.84. The van der Waals surface area contributed by atoms with Crippen molar-refractivity contribution in [2.45, 2.75) is 24.3 Å². The Morgan fingerprint density at radius 2 is 1.90 bits per heavy atom.